The Hall–Kier alpha value is -0.760. The Bertz CT molecular complexity index is 301. The molecule has 0 N–H and O–H groups in total. The van der Waals surface area contributed by atoms with Crippen molar-refractivity contribution in [2.75, 3.05) is 5.75 Å². The third-order valence-electron chi connectivity index (χ3n) is 2.05. The van der Waals surface area contributed by atoms with Crippen LogP contribution in [0.1, 0.15) is 32.0 Å². The summed E-state index contributed by atoms with van der Waals surface area (Å²) >= 11 is 1.84. The zero-order valence-corrected chi connectivity index (χ0v) is 9.90. The van der Waals surface area contributed by atoms with Crippen LogP contribution in [0.5, 0.6) is 0 Å². The fraction of sp³-hybridized carbons (Fsp3) is 0.417. The Morgan fingerprint density at radius 1 is 1.43 bits per heavy atom. The molecule has 1 aromatic rings. The molecule has 0 saturated carbocycles. The topological polar surface area (TPSA) is 12.9 Å². The number of rotatable bonds is 4. The van der Waals surface area contributed by atoms with Crippen LogP contribution in [-0.4, -0.2) is 10.7 Å². The fourth-order valence-corrected chi connectivity index (χ4v) is 1.99. The third-order valence-corrected chi connectivity index (χ3v) is 3.09. The Morgan fingerprint density at radius 3 is 2.64 bits per heavy atom. The number of hydrogen-bond donors (Lipinski definition) is 0. The maximum absolute atomic E-state index is 4.45. The van der Waals surface area contributed by atoms with Gasteiger partial charge in [0, 0.05) is 11.1 Å². The Balaban J connectivity index is 2.84. The molecular formula is C12H17NS. The summed E-state index contributed by atoms with van der Waals surface area (Å²) in [7, 11) is 0. The quantitative estimate of drug-likeness (QED) is 0.745. The highest BCUT2D eigenvalue weighted by Crippen LogP contribution is 2.25. The zero-order valence-electron chi connectivity index (χ0n) is 9.08. The summed E-state index contributed by atoms with van der Waals surface area (Å²) in [6, 6.07) is 4.26. The molecule has 1 aromatic heterocycles. The highest BCUT2D eigenvalue weighted by Gasteiger charge is 2.01. The van der Waals surface area contributed by atoms with Crippen molar-refractivity contribution >= 4 is 16.7 Å². The number of hydrogen-bond acceptors (Lipinski definition) is 2. The molecule has 0 fully saturated rings. The summed E-state index contributed by atoms with van der Waals surface area (Å²) in [6.07, 6.45) is 5.15. The second-order valence-electron chi connectivity index (χ2n) is 2.99. The summed E-state index contributed by atoms with van der Waals surface area (Å²) in [5.41, 5.74) is 2.39. The smallest absolute Gasteiger partial charge is 0.0762 e. The predicted molar refractivity (Wildman–Crippen MR) is 65.4 cm³/mol. The molecule has 0 aliphatic rings. The molecule has 1 heterocycles. The molecule has 76 valence electrons. The lowest BCUT2D eigenvalue weighted by atomic mass is 10.2. The molecule has 0 unspecified atom stereocenters. The molecule has 0 amide bonds. The van der Waals surface area contributed by atoms with E-state index >= 15 is 0 Å². The Morgan fingerprint density at radius 2 is 2.21 bits per heavy atom. The summed E-state index contributed by atoms with van der Waals surface area (Å²) in [4.78, 5) is 5.72. The molecular weight excluding hydrogens is 190 g/mol. The maximum atomic E-state index is 4.45. The minimum atomic E-state index is 1.05. The Labute approximate surface area is 90.6 Å². The second-order valence-corrected chi connectivity index (χ2v) is 4.30. The minimum absolute atomic E-state index is 1.05. The van der Waals surface area contributed by atoms with Crippen LogP contribution in [0.25, 0.3) is 4.91 Å². The van der Waals surface area contributed by atoms with Crippen LogP contribution in [0.4, 0.5) is 0 Å². The molecule has 1 nitrogen and oxygen atoms in total. The molecule has 0 spiro atoms. The van der Waals surface area contributed by atoms with Crippen LogP contribution in [-0.2, 0) is 6.42 Å². The van der Waals surface area contributed by atoms with Gasteiger partial charge in [0.2, 0.25) is 0 Å². The van der Waals surface area contributed by atoms with Crippen molar-refractivity contribution in [2.24, 2.45) is 0 Å². The van der Waals surface area contributed by atoms with Gasteiger partial charge in [-0.25, -0.2) is 0 Å². The normalized spacial score (nSPS) is 11.8. The van der Waals surface area contributed by atoms with Crippen LogP contribution in [0.3, 0.4) is 0 Å². The van der Waals surface area contributed by atoms with E-state index in [1.807, 2.05) is 18.0 Å². The van der Waals surface area contributed by atoms with E-state index in [1.54, 1.807) is 0 Å². The standard InChI is InChI=1S/C12H17NS/c1-4-10-7-8-11(13-9-10)12(5-2)14-6-3/h5,7-9H,4,6H2,1-3H3/b12-5-. The molecule has 1 rings (SSSR count). The van der Waals surface area contributed by atoms with Crippen molar-refractivity contribution in [1.29, 1.82) is 0 Å². The van der Waals surface area contributed by atoms with Crippen LogP contribution in [0.2, 0.25) is 0 Å². The summed E-state index contributed by atoms with van der Waals surface area (Å²) in [5, 5.41) is 0. The van der Waals surface area contributed by atoms with Gasteiger partial charge >= 0.3 is 0 Å². The lowest BCUT2D eigenvalue weighted by molar-refractivity contribution is 1.10. The number of aryl methyl sites for hydroxylation is 1. The first kappa shape index (κ1) is 11.3. The lowest BCUT2D eigenvalue weighted by Crippen LogP contribution is -1.89. The first-order chi connectivity index (χ1) is 6.81. The van der Waals surface area contributed by atoms with Gasteiger partial charge in [0.25, 0.3) is 0 Å². The van der Waals surface area contributed by atoms with Gasteiger partial charge in [-0.1, -0.05) is 26.0 Å². The van der Waals surface area contributed by atoms with Crippen LogP contribution in [0, 0.1) is 0 Å². The molecule has 14 heavy (non-hydrogen) atoms. The molecule has 0 radical (unpaired) electrons. The first-order valence-corrected chi connectivity index (χ1v) is 6.04. The Kier molecular flexibility index (Phi) is 4.74. The minimum Gasteiger partial charge on any atom is -0.255 e. The second kappa shape index (κ2) is 5.86. The van der Waals surface area contributed by atoms with Crippen molar-refractivity contribution < 1.29 is 0 Å². The number of nitrogens with zero attached hydrogens (tertiary/aromatic N) is 1. The van der Waals surface area contributed by atoms with E-state index < -0.39 is 0 Å². The largest absolute Gasteiger partial charge is 0.255 e. The van der Waals surface area contributed by atoms with Gasteiger partial charge in [-0.2, -0.15) is 0 Å². The average Bonchev–Trinajstić information content (AvgIpc) is 2.26. The van der Waals surface area contributed by atoms with Crippen LogP contribution >= 0.6 is 11.8 Å². The van der Waals surface area contributed by atoms with Crippen molar-refractivity contribution in [1.82, 2.24) is 4.98 Å². The molecule has 0 saturated heterocycles. The number of aromatic nitrogens is 1. The molecule has 0 aliphatic heterocycles. The van der Waals surface area contributed by atoms with Crippen molar-refractivity contribution in [3.8, 4) is 0 Å². The monoisotopic (exact) mass is 207 g/mol. The van der Waals surface area contributed by atoms with Gasteiger partial charge < -0.3 is 0 Å². The number of allylic oxidation sites excluding steroid dienone is 1. The van der Waals surface area contributed by atoms with Gasteiger partial charge in [0.05, 0.1) is 5.69 Å². The molecule has 0 aliphatic carbocycles. The summed E-state index contributed by atoms with van der Waals surface area (Å²) in [6.45, 7) is 6.37. The van der Waals surface area contributed by atoms with Crippen molar-refractivity contribution in [3.05, 3.63) is 35.7 Å². The van der Waals surface area contributed by atoms with E-state index in [0.717, 1.165) is 17.9 Å². The van der Waals surface area contributed by atoms with Crippen molar-refractivity contribution in [3.63, 3.8) is 0 Å². The van der Waals surface area contributed by atoms with Gasteiger partial charge in [0.1, 0.15) is 0 Å². The number of pyridine rings is 1. The van der Waals surface area contributed by atoms with Crippen LogP contribution in [0.15, 0.2) is 24.4 Å². The average molecular weight is 207 g/mol. The van der Waals surface area contributed by atoms with Gasteiger partial charge in [0.15, 0.2) is 0 Å². The van der Waals surface area contributed by atoms with Crippen molar-refractivity contribution in [2.45, 2.75) is 27.2 Å². The fourth-order valence-electron chi connectivity index (χ4n) is 1.24. The van der Waals surface area contributed by atoms with E-state index in [-0.39, 0.29) is 0 Å². The van der Waals surface area contributed by atoms with E-state index in [9.17, 15) is 0 Å². The summed E-state index contributed by atoms with van der Waals surface area (Å²) < 4.78 is 0. The van der Waals surface area contributed by atoms with Crippen LogP contribution < -0.4 is 0 Å². The lowest BCUT2D eigenvalue weighted by Gasteiger charge is -2.04. The highest BCUT2D eigenvalue weighted by molar-refractivity contribution is 8.08. The maximum Gasteiger partial charge on any atom is 0.0762 e. The van der Waals surface area contributed by atoms with Gasteiger partial charge in [-0.3, -0.25) is 4.98 Å². The van der Waals surface area contributed by atoms with E-state index in [4.69, 9.17) is 0 Å². The summed E-state index contributed by atoms with van der Waals surface area (Å²) in [5.74, 6) is 1.09. The van der Waals surface area contributed by atoms with E-state index in [0.29, 0.717) is 0 Å². The zero-order chi connectivity index (χ0) is 10.4. The third kappa shape index (κ3) is 2.88. The molecule has 0 aromatic carbocycles. The molecule has 0 atom stereocenters. The molecule has 2 heteroatoms. The SMILES string of the molecule is C/C=C(\SCC)c1ccc(CC)cn1. The van der Waals surface area contributed by atoms with Gasteiger partial charge in [-0.15, -0.1) is 11.8 Å². The predicted octanol–water partition coefficient (Wildman–Crippen LogP) is 3.76. The highest BCUT2D eigenvalue weighted by atomic mass is 32.2. The van der Waals surface area contributed by atoms with E-state index in [1.165, 1.54) is 10.5 Å². The van der Waals surface area contributed by atoms with Gasteiger partial charge in [-0.05, 0) is 30.7 Å². The van der Waals surface area contributed by atoms with E-state index in [2.05, 4.69) is 44.0 Å². The number of thioether (sulfide) groups is 1. The first-order valence-electron chi connectivity index (χ1n) is 5.06. The molecule has 0 bridgehead atoms.